The van der Waals surface area contributed by atoms with Crippen molar-refractivity contribution in [3.63, 3.8) is 0 Å². The van der Waals surface area contributed by atoms with Crippen molar-refractivity contribution in [1.29, 1.82) is 0 Å². The van der Waals surface area contributed by atoms with E-state index in [2.05, 4.69) is 27.4 Å². The molecule has 0 aliphatic carbocycles. The molecule has 1 atom stereocenters. The Morgan fingerprint density at radius 2 is 1.91 bits per heavy atom. The van der Waals surface area contributed by atoms with E-state index in [1.54, 1.807) is 6.20 Å². The minimum absolute atomic E-state index is 0.0970. The maximum atomic E-state index is 12.6. The van der Waals surface area contributed by atoms with Gasteiger partial charge in [-0.05, 0) is 56.4 Å². The Morgan fingerprint density at radius 3 is 2.69 bits per heavy atom. The van der Waals surface area contributed by atoms with E-state index in [-0.39, 0.29) is 5.91 Å². The SMILES string of the molecule is O=C(Nc1ccnn1C1CCN(Cc2ccc([C@@H]3CCCCO3)s2)CC1)c1ccccc1. The molecule has 7 heteroatoms. The highest BCUT2D eigenvalue weighted by Gasteiger charge is 2.24. The monoisotopic (exact) mass is 450 g/mol. The summed E-state index contributed by atoms with van der Waals surface area (Å²) in [6.07, 6.45) is 7.74. The first kappa shape index (κ1) is 21.4. The number of thiophene rings is 1. The van der Waals surface area contributed by atoms with Gasteiger partial charge in [-0.1, -0.05) is 18.2 Å². The Morgan fingerprint density at radius 1 is 1.06 bits per heavy atom. The van der Waals surface area contributed by atoms with E-state index in [1.165, 1.54) is 22.6 Å². The fourth-order valence-corrected chi connectivity index (χ4v) is 5.78. The summed E-state index contributed by atoms with van der Waals surface area (Å²) in [5.41, 5.74) is 0.656. The second-order valence-electron chi connectivity index (χ2n) is 8.65. The van der Waals surface area contributed by atoms with Crippen LogP contribution < -0.4 is 5.32 Å². The average Bonchev–Trinajstić information content (AvgIpc) is 3.51. The number of amides is 1. The zero-order valence-corrected chi connectivity index (χ0v) is 19.1. The number of carbonyl (C=O) groups excluding carboxylic acids is 1. The van der Waals surface area contributed by atoms with E-state index in [0.29, 0.717) is 17.7 Å². The van der Waals surface area contributed by atoms with Crippen LogP contribution in [0.15, 0.2) is 54.7 Å². The molecule has 1 N–H and O–H groups in total. The molecule has 0 spiro atoms. The highest BCUT2D eigenvalue weighted by atomic mass is 32.1. The van der Waals surface area contributed by atoms with Crippen LogP contribution in [0.5, 0.6) is 0 Å². The fourth-order valence-electron chi connectivity index (χ4n) is 4.64. The van der Waals surface area contributed by atoms with Gasteiger partial charge in [0.2, 0.25) is 0 Å². The minimum Gasteiger partial charge on any atom is -0.373 e. The average molecular weight is 451 g/mol. The van der Waals surface area contributed by atoms with Crippen LogP contribution in [0.3, 0.4) is 0 Å². The Kier molecular flexibility index (Phi) is 6.67. The molecule has 0 radical (unpaired) electrons. The third-order valence-corrected chi connectivity index (χ3v) is 7.57. The molecule has 3 aromatic rings. The van der Waals surface area contributed by atoms with Crippen LogP contribution in [0.2, 0.25) is 0 Å². The highest BCUT2D eigenvalue weighted by molar-refractivity contribution is 7.12. The van der Waals surface area contributed by atoms with E-state index in [4.69, 9.17) is 4.74 Å². The fraction of sp³-hybridized carbons (Fsp3) is 0.440. The predicted octanol–water partition coefficient (Wildman–Crippen LogP) is 5.28. The van der Waals surface area contributed by atoms with E-state index >= 15 is 0 Å². The number of nitrogens with one attached hydrogen (secondary N) is 1. The maximum absolute atomic E-state index is 12.6. The summed E-state index contributed by atoms with van der Waals surface area (Å²) in [5.74, 6) is 0.674. The van der Waals surface area contributed by atoms with Gasteiger partial charge in [-0.2, -0.15) is 5.10 Å². The number of aromatic nitrogens is 2. The lowest BCUT2D eigenvalue weighted by Crippen LogP contribution is -2.34. The first-order valence-electron chi connectivity index (χ1n) is 11.6. The Balaban J connectivity index is 1.15. The number of hydrogen-bond donors (Lipinski definition) is 1. The molecule has 2 fully saturated rings. The Labute approximate surface area is 193 Å². The molecule has 1 aromatic carbocycles. The zero-order chi connectivity index (χ0) is 21.8. The second-order valence-corrected chi connectivity index (χ2v) is 9.85. The summed E-state index contributed by atoms with van der Waals surface area (Å²) in [6, 6.07) is 16.0. The molecule has 2 aliphatic heterocycles. The van der Waals surface area contributed by atoms with Gasteiger partial charge in [0.1, 0.15) is 5.82 Å². The summed E-state index contributed by atoms with van der Waals surface area (Å²) >= 11 is 1.91. The number of anilines is 1. The predicted molar refractivity (Wildman–Crippen MR) is 127 cm³/mol. The summed E-state index contributed by atoms with van der Waals surface area (Å²) in [7, 11) is 0. The molecule has 4 heterocycles. The highest BCUT2D eigenvalue weighted by Crippen LogP contribution is 2.34. The first-order valence-corrected chi connectivity index (χ1v) is 12.4. The topological polar surface area (TPSA) is 59.4 Å². The lowest BCUT2D eigenvalue weighted by Gasteiger charge is -2.32. The molecule has 0 unspecified atom stereocenters. The van der Waals surface area contributed by atoms with Gasteiger partial charge in [-0.15, -0.1) is 11.3 Å². The smallest absolute Gasteiger partial charge is 0.256 e. The molecule has 2 aliphatic rings. The van der Waals surface area contributed by atoms with Crippen molar-refractivity contribution < 1.29 is 9.53 Å². The minimum atomic E-state index is -0.0970. The number of benzene rings is 1. The molecular weight excluding hydrogens is 420 g/mol. The first-order chi connectivity index (χ1) is 15.8. The summed E-state index contributed by atoms with van der Waals surface area (Å²) in [4.78, 5) is 17.9. The van der Waals surface area contributed by atoms with E-state index in [0.717, 1.165) is 51.3 Å². The number of hydrogen-bond acceptors (Lipinski definition) is 5. The Bertz CT molecular complexity index is 1020. The van der Waals surface area contributed by atoms with Crippen molar-refractivity contribution in [1.82, 2.24) is 14.7 Å². The molecule has 1 amide bonds. The summed E-state index contributed by atoms with van der Waals surface area (Å²) in [6.45, 7) is 3.96. The quantitative estimate of drug-likeness (QED) is 0.555. The standard InChI is InChI=1S/C25H30N4O2S/c30-25(19-6-2-1-3-7-19)27-24-11-14-26-29(24)20-12-15-28(16-13-20)18-21-9-10-23(32-21)22-8-4-5-17-31-22/h1-3,6-7,9-11,14,20,22H,4-5,8,12-13,15-18H2,(H,27,30)/t22-/m0/s1. The van der Waals surface area contributed by atoms with Gasteiger partial charge >= 0.3 is 0 Å². The van der Waals surface area contributed by atoms with Gasteiger partial charge in [0, 0.05) is 47.6 Å². The number of piperidine rings is 1. The second kappa shape index (κ2) is 9.98. The van der Waals surface area contributed by atoms with Crippen molar-refractivity contribution in [2.75, 3.05) is 25.0 Å². The van der Waals surface area contributed by atoms with Gasteiger partial charge in [0.25, 0.3) is 5.91 Å². The van der Waals surface area contributed by atoms with Crippen molar-refractivity contribution in [3.05, 3.63) is 70.0 Å². The molecule has 2 aromatic heterocycles. The van der Waals surface area contributed by atoms with Crippen LogP contribution in [0, 0.1) is 0 Å². The number of ether oxygens (including phenoxy) is 1. The number of carbonyl (C=O) groups is 1. The van der Waals surface area contributed by atoms with Crippen LogP contribution in [-0.2, 0) is 11.3 Å². The lowest BCUT2D eigenvalue weighted by molar-refractivity contribution is 0.0172. The molecule has 0 saturated carbocycles. The van der Waals surface area contributed by atoms with Crippen LogP contribution in [0.1, 0.15) is 64.4 Å². The normalized spacial score (nSPS) is 20.3. The van der Waals surface area contributed by atoms with E-state index in [1.807, 2.05) is 52.4 Å². The summed E-state index contributed by atoms with van der Waals surface area (Å²) in [5, 5.41) is 7.55. The van der Waals surface area contributed by atoms with E-state index in [9.17, 15) is 4.79 Å². The molecule has 32 heavy (non-hydrogen) atoms. The number of nitrogens with zero attached hydrogens (tertiary/aromatic N) is 3. The largest absolute Gasteiger partial charge is 0.373 e. The molecular formula is C25H30N4O2S. The maximum Gasteiger partial charge on any atom is 0.256 e. The molecule has 0 bridgehead atoms. The molecule has 5 rings (SSSR count). The van der Waals surface area contributed by atoms with Crippen LogP contribution in [0.25, 0.3) is 0 Å². The van der Waals surface area contributed by atoms with Gasteiger partial charge in [-0.25, -0.2) is 4.68 Å². The molecule has 168 valence electrons. The van der Waals surface area contributed by atoms with Crippen LogP contribution in [0.4, 0.5) is 5.82 Å². The van der Waals surface area contributed by atoms with Gasteiger partial charge in [0.05, 0.1) is 18.3 Å². The zero-order valence-electron chi connectivity index (χ0n) is 18.3. The van der Waals surface area contributed by atoms with Crippen LogP contribution in [-0.4, -0.2) is 40.3 Å². The van der Waals surface area contributed by atoms with Gasteiger partial charge in [-0.3, -0.25) is 9.69 Å². The molecule has 6 nitrogen and oxygen atoms in total. The Hall–Kier alpha value is -2.48. The third kappa shape index (κ3) is 4.95. The lowest BCUT2D eigenvalue weighted by atomic mass is 10.1. The number of rotatable bonds is 6. The summed E-state index contributed by atoms with van der Waals surface area (Å²) < 4.78 is 7.93. The van der Waals surface area contributed by atoms with E-state index < -0.39 is 0 Å². The van der Waals surface area contributed by atoms with Gasteiger partial charge in [0.15, 0.2) is 0 Å². The van der Waals surface area contributed by atoms with Crippen molar-refractivity contribution in [3.8, 4) is 0 Å². The molecule has 2 saturated heterocycles. The van der Waals surface area contributed by atoms with Crippen molar-refractivity contribution in [2.24, 2.45) is 0 Å². The van der Waals surface area contributed by atoms with Gasteiger partial charge < -0.3 is 10.1 Å². The van der Waals surface area contributed by atoms with Crippen molar-refractivity contribution >= 4 is 23.1 Å². The number of likely N-dealkylation sites (tertiary alicyclic amines) is 1. The van der Waals surface area contributed by atoms with Crippen LogP contribution >= 0.6 is 11.3 Å². The third-order valence-electron chi connectivity index (χ3n) is 6.41. The van der Waals surface area contributed by atoms with Crippen molar-refractivity contribution in [2.45, 2.75) is 50.8 Å².